The Morgan fingerprint density at radius 1 is 1.19 bits per heavy atom. The summed E-state index contributed by atoms with van der Waals surface area (Å²) in [6, 6.07) is 15.1. The van der Waals surface area contributed by atoms with E-state index in [4.69, 9.17) is 5.41 Å². The van der Waals surface area contributed by atoms with Crippen LogP contribution in [0.5, 0.6) is 0 Å². The molecule has 0 fully saturated rings. The molecule has 7 heteroatoms. The normalized spacial score (nSPS) is 11.8. The van der Waals surface area contributed by atoms with E-state index in [1.807, 2.05) is 55.5 Å². The standard InChI is InChI=1S/C19H19N5OS/c1-13(16-10-6-7-11-22-16)26-19-23-17(21-2)15(12-20)18(25)24(19)14-8-4-3-5-9-14/h3-13,20-21H,1-2H3. The van der Waals surface area contributed by atoms with E-state index in [0.29, 0.717) is 16.7 Å². The van der Waals surface area contributed by atoms with Crippen LogP contribution in [-0.4, -0.2) is 27.8 Å². The minimum atomic E-state index is -0.277. The third-order valence-electron chi connectivity index (χ3n) is 3.87. The van der Waals surface area contributed by atoms with Gasteiger partial charge in [-0.15, -0.1) is 0 Å². The summed E-state index contributed by atoms with van der Waals surface area (Å²) < 4.78 is 1.55. The molecule has 0 amide bonds. The lowest BCUT2D eigenvalue weighted by molar-refractivity contribution is 0.791. The van der Waals surface area contributed by atoms with Crippen LogP contribution in [0.4, 0.5) is 5.82 Å². The first-order valence-electron chi connectivity index (χ1n) is 8.14. The van der Waals surface area contributed by atoms with Gasteiger partial charge in [-0.25, -0.2) is 4.98 Å². The molecular formula is C19H19N5OS. The summed E-state index contributed by atoms with van der Waals surface area (Å²) >= 11 is 1.46. The molecule has 0 saturated carbocycles. The van der Waals surface area contributed by atoms with Gasteiger partial charge >= 0.3 is 0 Å². The second kappa shape index (κ2) is 7.97. The largest absolute Gasteiger partial charge is 0.372 e. The van der Waals surface area contributed by atoms with Gasteiger partial charge < -0.3 is 10.7 Å². The molecule has 2 aromatic heterocycles. The van der Waals surface area contributed by atoms with Gasteiger partial charge in [0.1, 0.15) is 11.4 Å². The summed E-state index contributed by atoms with van der Waals surface area (Å²) in [4.78, 5) is 22.0. The van der Waals surface area contributed by atoms with Crippen molar-refractivity contribution < 1.29 is 0 Å². The summed E-state index contributed by atoms with van der Waals surface area (Å²) in [5.41, 5.74) is 1.58. The number of benzene rings is 1. The van der Waals surface area contributed by atoms with Crippen molar-refractivity contribution in [3.05, 3.63) is 76.3 Å². The van der Waals surface area contributed by atoms with Crippen LogP contribution in [-0.2, 0) is 0 Å². The molecule has 0 saturated heterocycles. The van der Waals surface area contributed by atoms with Gasteiger partial charge in [0, 0.05) is 19.5 Å². The highest BCUT2D eigenvalue weighted by Crippen LogP contribution is 2.33. The number of aromatic nitrogens is 3. The van der Waals surface area contributed by atoms with Crippen molar-refractivity contribution in [1.82, 2.24) is 14.5 Å². The maximum absolute atomic E-state index is 13.0. The van der Waals surface area contributed by atoms with Crippen LogP contribution in [0.25, 0.3) is 5.69 Å². The number of hydrogen-bond donors (Lipinski definition) is 2. The van der Waals surface area contributed by atoms with E-state index in [1.165, 1.54) is 11.8 Å². The summed E-state index contributed by atoms with van der Waals surface area (Å²) in [7, 11) is 1.69. The summed E-state index contributed by atoms with van der Waals surface area (Å²) in [5, 5.41) is 11.1. The van der Waals surface area contributed by atoms with Crippen molar-refractivity contribution in [3.8, 4) is 5.69 Å². The third-order valence-corrected chi connectivity index (χ3v) is 4.95. The number of nitrogens with one attached hydrogen (secondary N) is 2. The summed E-state index contributed by atoms with van der Waals surface area (Å²) in [6.07, 6.45) is 2.79. The van der Waals surface area contributed by atoms with Crippen LogP contribution in [0.15, 0.2) is 64.7 Å². The lowest BCUT2D eigenvalue weighted by atomic mass is 10.3. The first-order valence-corrected chi connectivity index (χ1v) is 9.02. The minimum Gasteiger partial charge on any atom is -0.372 e. The molecule has 3 aromatic rings. The van der Waals surface area contributed by atoms with Crippen LogP contribution >= 0.6 is 11.8 Å². The Balaban J connectivity index is 2.15. The van der Waals surface area contributed by atoms with Gasteiger partial charge in [-0.3, -0.25) is 14.3 Å². The molecule has 6 nitrogen and oxygen atoms in total. The predicted octanol–water partition coefficient (Wildman–Crippen LogP) is 3.52. The van der Waals surface area contributed by atoms with Gasteiger partial charge in [-0.1, -0.05) is 36.0 Å². The van der Waals surface area contributed by atoms with E-state index < -0.39 is 0 Å². The molecule has 2 N–H and O–H groups in total. The van der Waals surface area contributed by atoms with Crippen molar-refractivity contribution in [2.24, 2.45) is 0 Å². The molecule has 0 radical (unpaired) electrons. The van der Waals surface area contributed by atoms with E-state index in [0.717, 1.165) is 11.9 Å². The summed E-state index contributed by atoms with van der Waals surface area (Å²) in [6.45, 7) is 2.03. The number of nitrogens with zero attached hydrogens (tertiary/aromatic N) is 3. The Hall–Kier alpha value is -2.93. The molecule has 3 rings (SSSR count). The molecule has 0 aliphatic heterocycles. The molecule has 0 bridgehead atoms. The fourth-order valence-electron chi connectivity index (χ4n) is 2.55. The number of rotatable bonds is 6. The average molecular weight is 365 g/mol. The molecule has 1 unspecified atom stereocenters. The highest BCUT2D eigenvalue weighted by molar-refractivity contribution is 7.99. The SMILES string of the molecule is CNc1nc(SC(C)c2ccccn2)n(-c2ccccc2)c(=O)c1C=N. The fraction of sp³-hybridized carbons (Fsp3) is 0.158. The molecule has 132 valence electrons. The van der Waals surface area contributed by atoms with E-state index in [9.17, 15) is 4.79 Å². The Labute approximate surface area is 155 Å². The smallest absolute Gasteiger partial charge is 0.269 e. The second-order valence-corrected chi connectivity index (χ2v) is 6.85. The molecule has 0 spiro atoms. The van der Waals surface area contributed by atoms with Crippen LogP contribution in [0.3, 0.4) is 0 Å². The quantitative estimate of drug-likeness (QED) is 0.397. The maximum Gasteiger partial charge on any atom is 0.269 e. The number of pyridine rings is 1. The van der Waals surface area contributed by atoms with Gasteiger partial charge in [0.2, 0.25) is 0 Å². The molecule has 0 aliphatic rings. The van der Waals surface area contributed by atoms with Crippen LogP contribution < -0.4 is 10.9 Å². The lowest BCUT2D eigenvalue weighted by Crippen LogP contribution is -2.26. The number of hydrogen-bond acceptors (Lipinski definition) is 6. The van der Waals surface area contributed by atoms with E-state index in [-0.39, 0.29) is 16.4 Å². The monoisotopic (exact) mass is 365 g/mol. The van der Waals surface area contributed by atoms with Crippen LogP contribution in [0, 0.1) is 5.41 Å². The Bertz CT molecular complexity index is 957. The first kappa shape index (κ1) is 17.9. The van der Waals surface area contributed by atoms with Crippen LogP contribution in [0.2, 0.25) is 0 Å². The van der Waals surface area contributed by atoms with Gasteiger partial charge in [-0.05, 0) is 31.2 Å². The zero-order valence-electron chi connectivity index (χ0n) is 14.5. The molecule has 1 atom stereocenters. The Morgan fingerprint density at radius 2 is 1.92 bits per heavy atom. The fourth-order valence-corrected chi connectivity index (χ4v) is 3.57. The summed E-state index contributed by atoms with van der Waals surface area (Å²) in [5.74, 6) is 0.396. The third kappa shape index (κ3) is 3.52. The zero-order valence-corrected chi connectivity index (χ0v) is 15.3. The van der Waals surface area contributed by atoms with E-state index in [1.54, 1.807) is 17.8 Å². The number of thioether (sulfide) groups is 1. The average Bonchev–Trinajstić information content (AvgIpc) is 2.69. The van der Waals surface area contributed by atoms with Crippen molar-refractivity contribution >= 4 is 23.8 Å². The topological polar surface area (TPSA) is 83.7 Å². The van der Waals surface area contributed by atoms with Crippen molar-refractivity contribution in [2.45, 2.75) is 17.3 Å². The van der Waals surface area contributed by atoms with E-state index in [2.05, 4.69) is 15.3 Å². The molecule has 1 aromatic carbocycles. The van der Waals surface area contributed by atoms with Gasteiger partial charge in [0.05, 0.1) is 16.6 Å². The molecule has 26 heavy (non-hydrogen) atoms. The maximum atomic E-state index is 13.0. The zero-order chi connectivity index (χ0) is 18.5. The first-order chi connectivity index (χ1) is 12.7. The van der Waals surface area contributed by atoms with Crippen LogP contribution in [0.1, 0.15) is 23.4 Å². The van der Waals surface area contributed by atoms with Gasteiger partial charge in [-0.2, -0.15) is 0 Å². The van der Waals surface area contributed by atoms with Gasteiger partial charge in [0.25, 0.3) is 5.56 Å². The molecule has 0 aliphatic carbocycles. The highest BCUT2D eigenvalue weighted by atomic mass is 32.2. The second-order valence-electron chi connectivity index (χ2n) is 5.54. The molecular weight excluding hydrogens is 346 g/mol. The Morgan fingerprint density at radius 3 is 2.54 bits per heavy atom. The number of para-hydroxylation sites is 1. The minimum absolute atomic E-state index is 0.00796. The van der Waals surface area contributed by atoms with Crippen molar-refractivity contribution in [3.63, 3.8) is 0 Å². The lowest BCUT2D eigenvalue weighted by Gasteiger charge is -2.17. The highest BCUT2D eigenvalue weighted by Gasteiger charge is 2.19. The number of anilines is 1. The van der Waals surface area contributed by atoms with Gasteiger partial charge in [0.15, 0.2) is 5.16 Å². The van der Waals surface area contributed by atoms with Crippen molar-refractivity contribution in [2.75, 3.05) is 12.4 Å². The van der Waals surface area contributed by atoms with Crippen molar-refractivity contribution in [1.29, 1.82) is 5.41 Å². The molecule has 2 heterocycles. The Kier molecular flexibility index (Phi) is 5.48. The predicted molar refractivity (Wildman–Crippen MR) is 106 cm³/mol. The van der Waals surface area contributed by atoms with E-state index >= 15 is 0 Å².